The molecule has 0 aliphatic heterocycles. The number of hydrogen-bond acceptors (Lipinski definition) is 4. The van der Waals surface area contributed by atoms with E-state index in [0.717, 1.165) is 67.7 Å². The molecule has 10 rings (SSSR count). The number of nitrogens with zero attached hydrogens (tertiary/aromatic N) is 3. The van der Waals surface area contributed by atoms with E-state index in [4.69, 9.17) is 14.4 Å². The number of pyridine rings is 1. The van der Waals surface area contributed by atoms with Gasteiger partial charge in [0.25, 0.3) is 0 Å². The summed E-state index contributed by atoms with van der Waals surface area (Å²) in [4.78, 5) is 9.92. The second kappa shape index (κ2) is 16.3. The van der Waals surface area contributed by atoms with Crippen LogP contribution in [0.15, 0.2) is 138 Å². The van der Waals surface area contributed by atoms with Crippen LogP contribution in [0.1, 0.15) is 52.7 Å². The van der Waals surface area contributed by atoms with Gasteiger partial charge in [-0.1, -0.05) is 132 Å². The molecule has 0 saturated carbocycles. The predicted molar refractivity (Wildman–Crippen MR) is 259 cm³/mol. The number of thiophene rings is 1. The second-order valence-corrected chi connectivity index (χ2v) is 25.3. The molecule has 0 amide bonds. The van der Waals surface area contributed by atoms with E-state index in [2.05, 4.69) is 175 Å². The SMILES string of the molecule is CC(C)(C)Cc1cc(-c2[c-]ccc(C(C)(C)C)c2)ncc1[Si](C)(C)C.[Ir].[c-]1ccc2c(oc3ccccc32)c1-c1nc2ccccc2n1-c1ccc2sc3ccccc3c2c1. The maximum Gasteiger partial charge on any atom is 0.120 e. The van der Waals surface area contributed by atoms with Crippen molar-refractivity contribution in [2.75, 3.05) is 0 Å². The minimum Gasteiger partial charge on any atom is -0.501 e. The number of aromatic nitrogens is 3. The van der Waals surface area contributed by atoms with Gasteiger partial charge in [-0.3, -0.25) is 4.98 Å². The van der Waals surface area contributed by atoms with Gasteiger partial charge in [-0.05, 0) is 70.6 Å². The zero-order valence-corrected chi connectivity index (χ0v) is 40.6. The maximum absolute atomic E-state index is 6.36. The van der Waals surface area contributed by atoms with Crippen LogP contribution in [0.2, 0.25) is 19.6 Å². The largest absolute Gasteiger partial charge is 0.501 e. The molecule has 0 bridgehead atoms. The van der Waals surface area contributed by atoms with Gasteiger partial charge < -0.3 is 14.0 Å². The molecule has 0 N–H and O–H groups in total. The molecule has 7 heteroatoms. The predicted octanol–water partition coefficient (Wildman–Crippen LogP) is 14.7. The molecule has 4 aromatic heterocycles. The molecule has 0 unspecified atom stereocenters. The summed E-state index contributed by atoms with van der Waals surface area (Å²) in [6.07, 6.45) is 3.22. The first-order valence-electron chi connectivity index (χ1n) is 20.9. The first-order valence-corrected chi connectivity index (χ1v) is 25.2. The van der Waals surface area contributed by atoms with Gasteiger partial charge in [-0.25, -0.2) is 0 Å². The molecule has 4 nitrogen and oxygen atoms in total. The van der Waals surface area contributed by atoms with Crippen molar-refractivity contribution in [1.29, 1.82) is 0 Å². The molecule has 0 aliphatic carbocycles. The summed E-state index contributed by atoms with van der Waals surface area (Å²) < 4.78 is 11.2. The average Bonchev–Trinajstić information content (AvgIpc) is 3.91. The minimum absolute atomic E-state index is 0. The van der Waals surface area contributed by atoms with Crippen molar-refractivity contribution in [3.05, 3.63) is 157 Å². The topological polar surface area (TPSA) is 43.9 Å². The van der Waals surface area contributed by atoms with E-state index in [1.54, 1.807) is 0 Å². The Hall–Kier alpha value is -5.17. The van der Waals surface area contributed by atoms with E-state index in [0.29, 0.717) is 0 Å². The van der Waals surface area contributed by atoms with Crippen LogP contribution in [-0.2, 0) is 31.9 Å². The molecule has 6 aromatic carbocycles. The summed E-state index contributed by atoms with van der Waals surface area (Å²) in [6.45, 7) is 20.9. The zero-order chi connectivity index (χ0) is 42.0. The zero-order valence-electron chi connectivity index (χ0n) is 36.4. The molecule has 1 radical (unpaired) electrons. The van der Waals surface area contributed by atoms with Crippen LogP contribution < -0.4 is 5.19 Å². The molecular formula is C54H51IrN3OSSi-2. The summed E-state index contributed by atoms with van der Waals surface area (Å²) in [6, 6.07) is 51.4. The molecule has 0 saturated heterocycles. The number of imidazole rings is 1. The Morgan fingerprint density at radius 1 is 0.705 bits per heavy atom. The van der Waals surface area contributed by atoms with Gasteiger partial charge in [0.1, 0.15) is 5.58 Å². The molecule has 4 heterocycles. The van der Waals surface area contributed by atoms with Gasteiger partial charge >= 0.3 is 0 Å². The van der Waals surface area contributed by atoms with Crippen LogP contribution >= 0.6 is 11.3 Å². The van der Waals surface area contributed by atoms with Gasteiger partial charge in [-0.2, -0.15) is 0 Å². The number of benzene rings is 6. The minimum atomic E-state index is -1.42. The van der Waals surface area contributed by atoms with Crippen LogP contribution in [0, 0.1) is 17.5 Å². The Balaban J connectivity index is 0.000000177. The van der Waals surface area contributed by atoms with Crippen LogP contribution in [0.4, 0.5) is 0 Å². The van der Waals surface area contributed by atoms with Crippen molar-refractivity contribution in [3.8, 4) is 28.3 Å². The molecule has 0 aliphatic rings. The van der Waals surface area contributed by atoms with Crippen LogP contribution in [0.5, 0.6) is 0 Å². The summed E-state index contributed by atoms with van der Waals surface area (Å²) >= 11 is 1.83. The number of furan rings is 1. The third-order valence-corrected chi connectivity index (χ3v) is 14.4. The Labute approximate surface area is 378 Å². The monoisotopic (exact) mass is 1010 g/mol. The summed E-state index contributed by atoms with van der Waals surface area (Å²) in [5.74, 6) is 0.828. The van der Waals surface area contributed by atoms with Crippen molar-refractivity contribution in [2.45, 2.75) is 73.0 Å². The maximum atomic E-state index is 6.36. The van der Waals surface area contributed by atoms with E-state index in [1.165, 1.54) is 36.5 Å². The van der Waals surface area contributed by atoms with Crippen molar-refractivity contribution >= 4 is 77.7 Å². The molecule has 61 heavy (non-hydrogen) atoms. The first kappa shape index (κ1) is 42.5. The van der Waals surface area contributed by atoms with Crippen molar-refractivity contribution in [2.24, 2.45) is 5.41 Å². The number of para-hydroxylation sites is 3. The van der Waals surface area contributed by atoms with E-state index < -0.39 is 8.07 Å². The van der Waals surface area contributed by atoms with Crippen LogP contribution in [0.3, 0.4) is 0 Å². The Kier molecular flexibility index (Phi) is 11.3. The van der Waals surface area contributed by atoms with E-state index >= 15 is 0 Å². The fraction of sp³-hybridized carbons (Fsp3) is 0.222. The van der Waals surface area contributed by atoms with Crippen LogP contribution in [0.25, 0.3) is 81.5 Å². The average molecular weight is 1010 g/mol. The number of fused-ring (bicyclic) bond motifs is 7. The summed E-state index contributed by atoms with van der Waals surface area (Å²) in [7, 11) is -1.42. The first-order chi connectivity index (χ1) is 28.6. The Morgan fingerprint density at radius 2 is 1.41 bits per heavy atom. The fourth-order valence-electron chi connectivity index (χ4n) is 8.28. The van der Waals surface area contributed by atoms with E-state index in [1.807, 2.05) is 47.7 Å². The fourth-order valence-corrected chi connectivity index (χ4v) is 10.9. The molecule has 309 valence electrons. The Morgan fingerprint density at radius 3 is 2.18 bits per heavy atom. The van der Waals surface area contributed by atoms with Crippen molar-refractivity contribution in [1.82, 2.24) is 14.5 Å². The van der Waals surface area contributed by atoms with Gasteiger partial charge in [0, 0.05) is 57.5 Å². The van der Waals surface area contributed by atoms with E-state index in [9.17, 15) is 0 Å². The molecular weight excluding hydrogens is 959 g/mol. The molecule has 0 fully saturated rings. The quantitative estimate of drug-likeness (QED) is 0.127. The van der Waals surface area contributed by atoms with Gasteiger partial charge in [0.2, 0.25) is 0 Å². The number of rotatable bonds is 5. The van der Waals surface area contributed by atoms with E-state index in [-0.39, 0.29) is 30.9 Å². The summed E-state index contributed by atoms with van der Waals surface area (Å²) in [5.41, 5.74) is 11.0. The third-order valence-electron chi connectivity index (χ3n) is 11.2. The van der Waals surface area contributed by atoms with Gasteiger partial charge in [0.05, 0.1) is 30.5 Å². The van der Waals surface area contributed by atoms with Gasteiger partial charge in [-0.15, -0.1) is 64.9 Å². The standard InChI is InChI=1S/C31H17N2OS.C23H34NSi.Ir/c1-5-14-27-20(8-1)22-10-7-11-23(30(22)34-27)31-32-25-12-3-4-13-26(25)33(31)19-16-17-29-24(18-19)21-9-2-6-15-28(21)35-29;1-22(2,3)15-18-14-20(24-16-21(18)25(7,8)9)17-11-10-12-19(13-17)23(4,5)6;/h1-10,12-18H;10,12-14,16H,15H2,1-9H3;/q2*-1;. The summed E-state index contributed by atoms with van der Waals surface area (Å²) in [5, 5.41) is 6.21. The normalized spacial score (nSPS) is 12.3. The number of hydrogen-bond donors (Lipinski definition) is 0. The third kappa shape index (κ3) is 8.42. The Bertz CT molecular complexity index is 3210. The smallest absolute Gasteiger partial charge is 0.120 e. The van der Waals surface area contributed by atoms with Crippen molar-refractivity contribution < 1.29 is 24.5 Å². The second-order valence-electron chi connectivity index (χ2n) is 19.2. The van der Waals surface area contributed by atoms with Crippen LogP contribution in [-0.4, -0.2) is 22.6 Å². The van der Waals surface area contributed by atoms with Crippen molar-refractivity contribution in [3.63, 3.8) is 0 Å². The molecule has 0 atom stereocenters. The molecule has 0 spiro atoms. The molecule has 10 aromatic rings. The van der Waals surface area contributed by atoms with Gasteiger partial charge in [0.15, 0.2) is 0 Å².